The third kappa shape index (κ3) is 3.50. The second-order valence-electron chi connectivity index (χ2n) is 4.95. The summed E-state index contributed by atoms with van der Waals surface area (Å²) in [7, 11) is 0. The number of halogens is 1. The number of fused-ring (bicyclic) bond motifs is 1. The number of hydrogen-bond donors (Lipinski definition) is 1. The molecule has 2 aromatic rings. The molecular formula is C17H18FNOS. The molecule has 2 aromatic carbocycles. The van der Waals surface area contributed by atoms with Gasteiger partial charge in [0, 0.05) is 17.2 Å². The fourth-order valence-electron chi connectivity index (χ4n) is 2.46. The van der Waals surface area contributed by atoms with E-state index in [1.54, 1.807) is 12.1 Å². The van der Waals surface area contributed by atoms with Crippen LogP contribution < -0.4 is 10.1 Å². The molecule has 0 saturated heterocycles. The zero-order valence-electron chi connectivity index (χ0n) is 11.8. The largest absolute Gasteiger partial charge is 0.491 e. The van der Waals surface area contributed by atoms with Crippen molar-refractivity contribution < 1.29 is 9.13 Å². The van der Waals surface area contributed by atoms with E-state index >= 15 is 0 Å². The van der Waals surface area contributed by atoms with Crippen molar-refractivity contribution in [3.8, 4) is 5.75 Å². The van der Waals surface area contributed by atoms with E-state index in [9.17, 15) is 4.39 Å². The summed E-state index contributed by atoms with van der Waals surface area (Å²) in [5, 5.41) is 3.41. The number of ether oxygens (including phenoxy) is 1. The summed E-state index contributed by atoms with van der Waals surface area (Å²) in [4.78, 5) is 0.675. The van der Waals surface area contributed by atoms with Gasteiger partial charge >= 0.3 is 0 Å². The van der Waals surface area contributed by atoms with Crippen LogP contribution in [0.1, 0.15) is 12.0 Å². The van der Waals surface area contributed by atoms with E-state index in [0.717, 1.165) is 30.2 Å². The highest BCUT2D eigenvalue weighted by molar-refractivity contribution is 7.99. The molecule has 0 unspecified atom stereocenters. The van der Waals surface area contributed by atoms with Gasteiger partial charge in [-0.3, -0.25) is 0 Å². The van der Waals surface area contributed by atoms with Crippen LogP contribution in [0.5, 0.6) is 5.75 Å². The smallest absolute Gasteiger partial charge is 0.142 e. The summed E-state index contributed by atoms with van der Waals surface area (Å²) >= 11 is 1.48. The first-order chi connectivity index (χ1) is 10.3. The SMILES string of the molecule is Fc1ccccc1SCCOc1cccc2c1NCCC2. The first-order valence-corrected chi connectivity index (χ1v) is 8.19. The molecule has 1 aliphatic rings. The van der Waals surface area contributed by atoms with Gasteiger partial charge in [0.25, 0.3) is 0 Å². The number of rotatable bonds is 5. The van der Waals surface area contributed by atoms with Crippen molar-refractivity contribution in [3.63, 3.8) is 0 Å². The molecule has 0 aromatic heterocycles. The third-order valence-electron chi connectivity index (χ3n) is 3.47. The van der Waals surface area contributed by atoms with E-state index in [4.69, 9.17) is 4.74 Å². The second kappa shape index (κ2) is 6.85. The standard InChI is InChI=1S/C17H18FNOS/c18-14-7-1-2-9-16(14)21-12-11-20-15-8-3-5-13-6-4-10-19-17(13)15/h1-3,5,7-9,19H,4,6,10-12H2. The van der Waals surface area contributed by atoms with Crippen LogP contribution in [0.15, 0.2) is 47.4 Å². The van der Waals surface area contributed by atoms with Gasteiger partial charge in [0.1, 0.15) is 11.6 Å². The Balaban J connectivity index is 1.55. The molecule has 0 saturated carbocycles. The number of hydrogen-bond acceptors (Lipinski definition) is 3. The number of anilines is 1. The molecule has 21 heavy (non-hydrogen) atoms. The molecule has 0 bridgehead atoms. The predicted octanol–water partition coefficient (Wildman–Crippen LogP) is 4.35. The zero-order chi connectivity index (χ0) is 14.5. The number of benzene rings is 2. The van der Waals surface area contributed by atoms with E-state index in [2.05, 4.69) is 11.4 Å². The van der Waals surface area contributed by atoms with Gasteiger partial charge in [0.05, 0.1) is 12.3 Å². The summed E-state index contributed by atoms with van der Waals surface area (Å²) in [5.41, 5.74) is 2.44. The lowest BCUT2D eigenvalue weighted by Crippen LogP contribution is -2.13. The Labute approximate surface area is 128 Å². The molecule has 3 rings (SSSR count). The van der Waals surface area contributed by atoms with E-state index < -0.39 is 0 Å². The lowest BCUT2D eigenvalue weighted by molar-refractivity contribution is 0.344. The van der Waals surface area contributed by atoms with E-state index in [1.165, 1.54) is 29.8 Å². The van der Waals surface area contributed by atoms with Crippen LogP contribution in [0.2, 0.25) is 0 Å². The molecule has 110 valence electrons. The van der Waals surface area contributed by atoms with Crippen molar-refractivity contribution in [2.45, 2.75) is 17.7 Å². The number of para-hydroxylation sites is 1. The Hall–Kier alpha value is -1.68. The molecule has 1 heterocycles. The molecule has 0 aliphatic carbocycles. The monoisotopic (exact) mass is 303 g/mol. The Morgan fingerprint density at radius 2 is 2.05 bits per heavy atom. The molecule has 0 radical (unpaired) electrons. The van der Waals surface area contributed by atoms with Gasteiger partial charge in [-0.05, 0) is 36.6 Å². The van der Waals surface area contributed by atoms with Crippen LogP contribution in [-0.2, 0) is 6.42 Å². The normalized spacial score (nSPS) is 13.4. The van der Waals surface area contributed by atoms with Gasteiger partial charge < -0.3 is 10.1 Å². The average Bonchev–Trinajstić information content (AvgIpc) is 2.53. The summed E-state index contributed by atoms with van der Waals surface area (Å²) in [6, 6.07) is 13.0. The molecule has 1 aliphatic heterocycles. The molecule has 0 fully saturated rings. The Bertz CT molecular complexity index is 617. The zero-order valence-corrected chi connectivity index (χ0v) is 12.6. The molecule has 0 atom stereocenters. The maximum Gasteiger partial charge on any atom is 0.142 e. The number of nitrogens with one attached hydrogen (secondary N) is 1. The van der Waals surface area contributed by atoms with Crippen LogP contribution in [-0.4, -0.2) is 18.9 Å². The van der Waals surface area contributed by atoms with Gasteiger partial charge in [-0.15, -0.1) is 11.8 Å². The molecule has 2 nitrogen and oxygen atoms in total. The van der Waals surface area contributed by atoms with Crippen molar-refractivity contribution in [2.24, 2.45) is 0 Å². The summed E-state index contributed by atoms with van der Waals surface area (Å²) < 4.78 is 19.4. The van der Waals surface area contributed by atoms with E-state index in [-0.39, 0.29) is 5.82 Å². The fraction of sp³-hybridized carbons (Fsp3) is 0.294. The Morgan fingerprint density at radius 3 is 2.95 bits per heavy atom. The van der Waals surface area contributed by atoms with Crippen molar-refractivity contribution in [1.82, 2.24) is 0 Å². The first-order valence-electron chi connectivity index (χ1n) is 7.20. The van der Waals surface area contributed by atoms with E-state index in [0.29, 0.717) is 11.5 Å². The topological polar surface area (TPSA) is 21.3 Å². The molecule has 1 N–H and O–H groups in total. The minimum Gasteiger partial charge on any atom is -0.491 e. The lowest BCUT2D eigenvalue weighted by Gasteiger charge is -2.21. The van der Waals surface area contributed by atoms with Crippen molar-refractivity contribution in [1.29, 1.82) is 0 Å². The Kier molecular flexibility index (Phi) is 4.65. The van der Waals surface area contributed by atoms with Crippen molar-refractivity contribution in [2.75, 3.05) is 24.2 Å². The quantitative estimate of drug-likeness (QED) is 0.655. The first kappa shape index (κ1) is 14.3. The minimum atomic E-state index is -0.166. The molecule has 0 spiro atoms. The lowest BCUT2D eigenvalue weighted by atomic mass is 10.0. The van der Waals surface area contributed by atoms with Crippen molar-refractivity contribution in [3.05, 3.63) is 53.8 Å². The van der Waals surface area contributed by atoms with Crippen LogP contribution in [0.3, 0.4) is 0 Å². The van der Waals surface area contributed by atoms with Gasteiger partial charge in [-0.25, -0.2) is 4.39 Å². The third-order valence-corrected chi connectivity index (χ3v) is 4.49. The predicted molar refractivity (Wildman–Crippen MR) is 85.9 cm³/mol. The van der Waals surface area contributed by atoms with Gasteiger partial charge in [0.15, 0.2) is 0 Å². The maximum absolute atomic E-state index is 13.5. The van der Waals surface area contributed by atoms with Crippen LogP contribution >= 0.6 is 11.8 Å². The minimum absolute atomic E-state index is 0.166. The van der Waals surface area contributed by atoms with Crippen molar-refractivity contribution >= 4 is 17.4 Å². The number of thioether (sulfide) groups is 1. The summed E-state index contributed by atoms with van der Waals surface area (Å²) in [6.45, 7) is 1.56. The van der Waals surface area contributed by atoms with Gasteiger partial charge in [0.2, 0.25) is 0 Å². The van der Waals surface area contributed by atoms with E-state index in [1.807, 2.05) is 18.2 Å². The van der Waals surface area contributed by atoms with Gasteiger partial charge in [-0.2, -0.15) is 0 Å². The highest BCUT2D eigenvalue weighted by Gasteiger charge is 2.13. The van der Waals surface area contributed by atoms with Gasteiger partial charge in [-0.1, -0.05) is 24.3 Å². The van der Waals surface area contributed by atoms with Crippen LogP contribution in [0.4, 0.5) is 10.1 Å². The number of aryl methyl sites for hydroxylation is 1. The highest BCUT2D eigenvalue weighted by Crippen LogP contribution is 2.32. The molecule has 0 amide bonds. The Morgan fingerprint density at radius 1 is 1.14 bits per heavy atom. The second-order valence-corrected chi connectivity index (χ2v) is 6.08. The van der Waals surface area contributed by atoms with Crippen LogP contribution in [0.25, 0.3) is 0 Å². The molecular weight excluding hydrogens is 285 g/mol. The highest BCUT2D eigenvalue weighted by atomic mass is 32.2. The average molecular weight is 303 g/mol. The fourth-order valence-corrected chi connectivity index (χ4v) is 3.23. The van der Waals surface area contributed by atoms with Crippen LogP contribution in [0, 0.1) is 5.82 Å². The summed E-state index contributed by atoms with van der Waals surface area (Å²) in [6.07, 6.45) is 2.27. The molecule has 4 heteroatoms. The maximum atomic E-state index is 13.5. The summed E-state index contributed by atoms with van der Waals surface area (Å²) in [5.74, 6) is 1.47.